The summed E-state index contributed by atoms with van der Waals surface area (Å²) in [6.45, 7) is 3.22. The smallest absolute Gasteiger partial charge is 0.154 e. The lowest BCUT2D eigenvalue weighted by Gasteiger charge is -2.36. The highest BCUT2D eigenvalue weighted by molar-refractivity contribution is 7.91. The lowest BCUT2D eigenvalue weighted by molar-refractivity contribution is 0.0744. The molecule has 0 aromatic heterocycles. The third-order valence-corrected chi connectivity index (χ3v) is 5.32. The van der Waals surface area contributed by atoms with Crippen molar-refractivity contribution in [2.24, 2.45) is 11.1 Å². The summed E-state index contributed by atoms with van der Waals surface area (Å²) >= 11 is 0. The maximum atomic E-state index is 11.4. The summed E-state index contributed by atoms with van der Waals surface area (Å²) in [5.74, 6) is -0.0000472. The highest BCUT2D eigenvalue weighted by Gasteiger charge is 2.41. The van der Waals surface area contributed by atoms with E-state index < -0.39 is 15.9 Å². The van der Waals surface area contributed by atoms with Crippen molar-refractivity contribution in [2.45, 2.75) is 25.5 Å². The van der Waals surface area contributed by atoms with Gasteiger partial charge in [0.05, 0.1) is 29.4 Å². The number of likely N-dealkylation sites (tertiary alicyclic amines) is 1. The third-order valence-electron chi connectivity index (χ3n) is 3.62. The van der Waals surface area contributed by atoms with Crippen molar-refractivity contribution in [1.29, 1.82) is 0 Å². The van der Waals surface area contributed by atoms with Gasteiger partial charge < -0.3 is 10.3 Å². The summed E-state index contributed by atoms with van der Waals surface area (Å²) in [7, 11) is -3.10. The second-order valence-corrected chi connectivity index (χ2v) is 7.10. The first-order valence-corrected chi connectivity index (χ1v) is 7.58. The van der Waals surface area contributed by atoms with E-state index in [9.17, 15) is 13.5 Å². The van der Waals surface area contributed by atoms with E-state index in [0.717, 1.165) is 5.71 Å². The van der Waals surface area contributed by atoms with Crippen LogP contribution < -0.4 is 0 Å². The minimum absolute atomic E-state index is 0.0342. The van der Waals surface area contributed by atoms with Crippen LogP contribution in [0, 0.1) is 5.92 Å². The minimum atomic E-state index is -3.10. The summed E-state index contributed by atoms with van der Waals surface area (Å²) in [6, 6.07) is -0.303. The molecule has 0 radical (unpaired) electrons. The summed E-state index contributed by atoms with van der Waals surface area (Å²) in [6.07, 6.45) is -0.166. The van der Waals surface area contributed by atoms with Gasteiger partial charge in [-0.1, -0.05) is 12.1 Å². The Morgan fingerprint density at radius 2 is 2.12 bits per heavy atom. The first-order chi connectivity index (χ1) is 7.93. The van der Waals surface area contributed by atoms with E-state index in [1.165, 1.54) is 0 Å². The third kappa shape index (κ3) is 2.61. The van der Waals surface area contributed by atoms with Gasteiger partial charge in [-0.2, -0.15) is 0 Å². The van der Waals surface area contributed by atoms with Crippen LogP contribution in [0.5, 0.6) is 0 Å². The molecule has 0 aromatic rings. The van der Waals surface area contributed by atoms with Gasteiger partial charge in [-0.05, 0) is 0 Å². The van der Waals surface area contributed by atoms with Crippen LogP contribution in [-0.2, 0) is 9.84 Å². The number of piperidine rings is 1. The maximum absolute atomic E-state index is 11.4. The molecular formula is C10H18N2O4S. The Morgan fingerprint density at radius 3 is 2.59 bits per heavy atom. The van der Waals surface area contributed by atoms with Crippen molar-refractivity contribution >= 4 is 15.5 Å². The molecule has 2 rings (SSSR count). The molecule has 2 aliphatic rings. The molecule has 98 valence electrons. The molecule has 2 N–H and O–H groups in total. The average Bonchev–Trinajstić information content (AvgIpc) is 2.52. The van der Waals surface area contributed by atoms with Crippen LogP contribution in [0.15, 0.2) is 5.16 Å². The predicted octanol–water partition coefficient (Wildman–Crippen LogP) is -0.684. The Kier molecular flexibility index (Phi) is 3.42. The minimum Gasteiger partial charge on any atom is -0.411 e. The van der Waals surface area contributed by atoms with Gasteiger partial charge in [0.15, 0.2) is 9.84 Å². The molecule has 2 heterocycles. The van der Waals surface area contributed by atoms with Gasteiger partial charge in [-0.25, -0.2) is 8.42 Å². The zero-order chi connectivity index (χ0) is 12.6. The number of hydrogen-bond acceptors (Lipinski definition) is 6. The van der Waals surface area contributed by atoms with E-state index in [-0.39, 0.29) is 23.5 Å². The Hall–Kier alpha value is -0.660. The average molecular weight is 262 g/mol. The molecule has 2 aliphatic heterocycles. The lowest BCUT2D eigenvalue weighted by Crippen LogP contribution is -2.50. The molecular weight excluding hydrogens is 244 g/mol. The second-order valence-electron chi connectivity index (χ2n) is 4.95. The fourth-order valence-electron chi connectivity index (χ4n) is 2.66. The molecule has 3 atom stereocenters. The number of rotatable bonds is 1. The van der Waals surface area contributed by atoms with Gasteiger partial charge in [-0.3, -0.25) is 4.90 Å². The van der Waals surface area contributed by atoms with E-state index in [0.29, 0.717) is 19.5 Å². The van der Waals surface area contributed by atoms with Crippen molar-refractivity contribution in [3.8, 4) is 0 Å². The molecule has 0 saturated carbocycles. The topological polar surface area (TPSA) is 90.2 Å². The van der Waals surface area contributed by atoms with E-state index in [2.05, 4.69) is 5.16 Å². The predicted molar refractivity (Wildman–Crippen MR) is 63.0 cm³/mol. The van der Waals surface area contributed by atoms with Crippen LogP contribution in [0.3, 0.4) is 0 Å². The zero-order valence-electron chi connectivity index (χ0n) is 9.78. The fraction of sp³-hybridized carbons (Fsp3) is 0.900. The Bertz CT molecular complexity index is 420. The second kappa shape index (κ2) is 4.55. The number of sulfone groups is 1. The Labute approximate surface area is 101 Å². The molecule has 7 heteroatoms. The molecule has 0 bridgehead atoms. The van der Waals surface area contributed by atoms with Crippen molar-refractivity contribution in [1.82, 2.24) is 4.90 Å². The van der Waals surface area contributed by atoms with Gasteiger partial charge in [0, 0.05) is 25.4 Å². The standard InChI is InChI=1S/C10H18N2O4S/c1-7-4-12(3-2-8(7)11-14)9-5-17(15,16)6-10(9)13/h7,9-10,13-14H,2-6H2,1H3. The van der Waals surface area contributed by atoms with Crippen molar-refractivity contribution in [3.05, 3.63) is 0 Å². The summed E-state index contributed by atoms with van der Waals surface area (Å²) < 4.78 is 22.9. The molecule has 0 aromatic carbocycles. The highest BCUT2D eigenvalue weighted by Crippen LogP contribution is 2.23. The molecule has 0 amide bonds. The monoisotopic (exact) mass is 262 g/mol. The van der Waals surface area contributed by atoms with Crippen LogP contribution in [0.2, 0.25) is 0 Å². The molecule has 2 saturated heterocycles. The molecule has 2 fully saturated rings. The molecule has 17 heavy (non-hydrogen) atoms. The number of oxime groups is 1. The molecule has 6 nitrogen and oxygen atoms in total. The maximum Gasteiger partial charge on any atom is 0.154 e. The van der Waals surface area contributed by atoms with Gasteiger partial charge in [0.1, 0.15) is 0 Å². The largest absolute Gasteiger partial charge is 0.411 e. The van der Waals surface area contributed by atoms with Gasteiger partial charge in [0.2, 0.25) is 0 Å². The van der Waals surface area contributed by atoms with Gasteiger partial charge in [-0.15, -0.1) is 0 Å². The van der Waals surface area contributed by atoms with E-state index in [1.807, 2.05) is 11.8 Å². The van der Waals surface area contributed by atoms with Crippen molar-refractivity contribution in [2.75, 3.05) is 24.6 Å². The first-order valence-electron chi connectivity index (χ1n) is 5.76. The quantitative estimate of drug-likeness (QED) is 0.482. The van der Waals surface area contributed by atoms with Crippen LogP contribution in [0.1, 0.15) is 13.3 Å². The number of nitrogens with zero attached hydrogens (tertiary/aromatic N) is 2. The Morgan fingerprint density at radius 1 is 1.41 bits per heavy atom. The zero-order valence-corrected chi connectivity index (χ0v) is 10.6. The molecule has 0 spiro atoms. The van der Waals surface area contributed by atoms with Gasteiger partial charge >= 0.3 is 0 Å². The Balaban J connectivity index is 2.06. The summed E-state index contributed by atoms with van der Waals surface area (Å²) in [4.78, 5) is 1.99. The highest BCUT2D eigenvalue weighted by atomic mass is 32.2. The van der Waals surface area contributed by atoms with Crippen LogP contribution in [0.4, 0.5) is 0 Å². The summed E-state index contributed by atoms with van der Waals surface area (Å²) in [5.41, 5.74) is 0.747. The number of aliphatic hydroxyl groups excluding tert-OH is 1. The van der Waals surface area contributed by atoms with E-state index >= 15 is 0 Å². The summed E-state index contributed by atoms with van der Waals surface area (Å²) in [5, 5.41) is 21.8. The lowest BCUT2D eigenvalue weighted by atomic mass is 9.96. The van der Waals surface area contributed by atoms with Crippen molar-refractivity contribution in [3.63, 3.8) is 0 Å². The van der Waals surface area contributed by atoms with E-state index in [4.69, 9.17) is 5.21 Å². The van der Waals surface area contributed by atoms with Crippen LogP contribution >= 0.6 is 0 Å². The van der Waals surface area contributed by atoms with Crippen LogP contribution in [0.25, 0.3) is 0 Å². The first kappa shape index (κ1) is 12.8. The molecule has 3 unspecified atom stereocenters. The molecule has 0 aliphatic carbocycles. The normalized spacial score (nSPS) is 40.8. The van der Waals surface area contributed by atoms with E-state index in [1.54, 1.807) is 0 Å². The fourth-order valence-corrected chi connectivity index (χ4v) is 4.49. The number of aliphatic hydroxyl groups is 1. The van der Waals surface area contributed by atoms with Crippen LogP contribution in [-0.4, -0.2) is 66.1 Å². The van der Waals surface area contributed by atoms with Gasteiger partial charge in [0.25, 0.3) is 0 Å². The SMILES string of the molecule is CC1CN(C2CS(=O)(=O)CC2O)CCC1=NO. The van der Waals surface area contributed by atoms with Crippen molar-refractivity contribution < 1.29 is 18.7 Å². The number of hydrogen-bond donors (Lipinski definition) is 2.